The van der Waals surface area contributed by atoms with Gasteiger partial charge in [0.2, 0.25) is 5.91 Å². The molecule has 0 aliphatic heterocycles. The topological polar surface area (TPSA) is 73.6 Å². The molecule has 0 aromatic carbocycles. The Kier molecular flexibility index (Phi) is 6.67. The molecule has 0 radical (unpaired) electrons. The van der Waals surface area contributed by atoms with Gasteiger partial charge in [-0.15, -0.1) is 0 Å². The van der Waals surface area contributed by atoms with E-state index in [0.717, 1.165) is 0 Å². The average molecular weight is 246 g/mol. The van der Waals surface area contributed by atoms with Gasteiger partial charge in [-0.2, -0.15) is 0 Å². The van der Waals surface area contributed by atoms with E-state index in [1.54, 1.807) is 0 Å². The number of carbonyl (C=O) groups is 1. The zero-order valence-electron chi connectivity index (χ0n) is 11.7. The zero-order chi connectivity index (χ0) is 13.6. The lowest BCUT2D eigenvalue weighted by molar-refractivity contribution is -0.136. The summed E-state index contributed by atoms with van der Waals surface area (Å²) in [6.45, 7) is 7.88. The van der Waals surface area contributed by atoms with Gasteiger partial charge >= 0.3 is 0 Å². The van der Waals surface area contributed by atoms with Crippen LogP contribution in [0.2, 0.25) is 0 Å². The van der Waals surface area contributed by atoms with Crippen LogP contribution in [0.25, 0.3) is 0 Å². The van der Waals surface area contributed by atoms with Gasteiger partial charge in [0.25, 0.3) is 0 Å². The van der Waals surface area contributed by atoms with Crippen molar-refractivity contribution < 1.29 is 14.3 Å². The summed E-state index contributed by atoms with van der Waals surface area (Å²) in [6, 6.07) is -0.372. The lowest BCUT2D eigenvalue weighted by Crippen LogP contribution is -2.46. The summed E-state index contributed by atoms with van der Waals surface area (Å²) in [7, 11) is 3.08. The normalized spacial score (nSPS) is 15.8. The van der Waals surface area contributed by atoms with E-state index in [0.29, 0.717) is 6.42 Å². The van der Waals surface area contributed by atoms with Crippen LogP contribution in [0.3, 0.4) is 0 Å². The van der Waals surface area contributed by atoms with Crippen molar-refractivity contribution in [2.24, 2.45) is 11.1 Å². The molecule has 5 nitrogen and oxygen atoms in total. The van der Waals surface area contributed by atoms with Crippen LogP contribution in [0.1, 0.15) is 34.1 Å². The molecule has 2 unspecified atom stereocenters. The number of rotatable bonds is 6. The van der Waals surface area contributed by atoms with Gasteiger partial charge in [0.05, 0.1) is 6.04 Å². The summed E-state index contributed by atoms with van der Waals surface area (Å²) in [5.74, 6) is -0.0842. The van der Waals surface area contributed by atoms with Crippen LogP contribution in [0.15, 0.2) is 0 Å². The molecular formula is C12H26N2O3. The molecule has 3 N–H and O–H groups in total. The van der Waals surface area contributed by atoms with Crippen LogP contribution < -0.4 is 11.1 Å². The van der Waals surface area contributed by atoms with Crippen LogP contribution in [0.5, 0.6) is 0 Å². The molecule has 17 heavy (non-hydrogen) atoms. The molecule has 0 heterocycles. The Morgan fingerprint density at radius 3 is 2.12 bits per heavy atom. The third-order valence-corrected chi connectivity index (χ3v) is 2.78. The van der Waals surface area contributed by atoms with Crippen LogP contribution in [-0.2, 0) is 14.3 Å². The van der Waals surface area contributed by atoms with Gasteiger partial charge in [0, 0.05) is 26.7 Å². The highest BCUT2D eigenvalue weighted by Crippen LogP contribution is 2.19. The minimum Gasteiger partial charge on any atom is -0.354 e. The standard InChI is InChI=1S/C12H26N2O3/c1-8(11(16-5)17-6)14-10(15)7-9(13)12(2,3)4/h8-9,11H,7,13H2,1-6H3,(H,14,15). The molecule has 0 saturated heterocycles. The summed E-state index contributed by atoms with van der Waals surface area (Å²) in [5.41, 5.74) is 5.86. The Morgan fingerprint density at radius 1 is 1.29 bits per heavy atom. The second-order valence-corrected chi connectivity index (χ2v) is 5.37. The van der Waals surface area contributed by atoms with E-state index in [1.165, 1.54) is 14.2 Å². The van der Waals surface area contributed by atoms with E-state index in [2.05, 4.69) is 5.32 Å². The molecule has 2 atom stereocenters. The predicted molar refractivity (Wildman–Crippen MR) is 67.5 cm³/mol. The van der Waals surface area contributed by atoms with Crippen molar-refractivity contribution in [1.82, 2.24) is 5.32 Å². The monoisotopic (exact) mass is 246 g/mol. The maximum atomic E-state index is 11.7. The first-order valence-corrected chi connectivity index (χ1v) is 5.83. The van der Waals surface area contributed by atoms with Gasteiger partial charge in [0.1, 0.15) is 0 Å². The van der Waals surface area contributed by atoms with Crippen LogP contribution in [0.4, 0.5) is 0 Å². The van der Waals surface area contributed by atoms with Crippen LogP contribution in [0, 0.1) is 5.41 Å². The number of nitrogens with two attached hydrogens (primary N) is 1. The Bertz CT molecular complexity index is 234. The number of amides is 1. The van der Waals surface area contributed by atoms with Gasteiger partial charge in [0.15, 0.2) is 6.29 Å². The maximum absolute atomic E-state index is 11.7. The number of methoxy groups -OCH3 is 2. The van der Waals surface area contributed by atoms with E-state index >= 15 is 0 Å². The Hall–Kier alpha value is -0.650. The highest BCUT2D eigenvalue weighted by Gasteiger charge is 2.25. The molecule has 102 valence electrons. The van der Waals surface area contributed by atoms with Crippen molar-refractivity contribution in [3.05, 3.63) is 0 Å². The minimum absolute atomic E-state index is 0.0809. The Balaban J connectivity index is 4.18. The van der Waals surface area contributed by atoms with Gasteiger partial charge in [-0.05, 0) is 12.3 Å². The first-order chi connectivity index (χ1) is 7.72. The lowest BCUT2D eigenvalue weighted by Gasteiger charge is -2.28. The predicted octanol–water partition coefficient (Wildman–Crippen LogP) is 0.874. The molecule has 0 saturated carbocycles. The highest BCUT2D eigenvalue weighted by atomic mass is 16.7. The van der Waals surface area contributed by atoms with E-state index in [-0.39, 0.29) is 23.4 Å². The van der Waals surface area contributed by atoms with Gasteiger partial charge in [-0.3, -0.25) is 4.79 Å². The summed E-state index contributed by atoms with van der Waals surface area (Å²) < 4.78 is 10.1. The van der Waals surface area contributed by atoms with Crippen LogP contribution >= 0.6 is 0 Å². The Morgan fingerprint density at radius 2 is 1.76 bits per heavy atom. The largest absolute Gasteiger partial charge is 0.354 e. The average Bonchev–Trinajstić information content (AvgIpc) is 2.17. The third-order valence-electron chi connectivity index (χ3n) is 2.78. The minimum atomic E-state index is -0.440. The van der Waals surface area contributed by atoms with Gasteiger partial charge in [-0.25, -0.2) is 0 Å². The number of hydrogen-bond acceptors (Lipinski definition) is 4. The molecule has 0 fully saturated rings. The fourth-order valence-corrected chi connectivity index (χ4v) is 1.39. The molecule has 0 aliphatic carbocycles. The van der Waals surface area contributed by atoms with Crippen LogP contribution in [-0.4, -0.2) is 38.5 Å². The second kappa shape index (κ2) is 6.93. The van der Waals surface area contributed by atoms with Crippen molar-refractivity contribution in [1.29, 1.82) is 0 Å². The molecule has 0 bridgehead atoms. The first-order valence-electron chi connectivity index (χ1n) is 5.83. The molecular weight excluding hydrogens is 220 g/mol. The SMILES string of the molecule is COC(OC)C(C)NC(=O)CC(N)C(C)(C)C. The molecule has 0 rings (SSSR count). The molecule has 1 amide bonds. The molecule has 5 heteroatoms. The van der Waals surface area contributed by atoms with E-state index < -0.39 is 6.29 Å². The maximum Gasteiger partial charge on any atom is 0.221 e. The van der Waals surface area contributed by atoms with E-state index in [1.807, 2.05) is 27.7 Å². The van der Waals surface area contributed by atoms with Gasteiger partial charge < -0.3 is 20.5 Å². The number of hydrogen-bond donors (Lipinski definition) is 2. The van der Waals surface area contributed by atoms with Crippen molar-refractivity contribution in [3.8, 4) is 0 Å². The van der Waals surface area contributed by atoms with E-state index in [4.69, 9.17) is 15.2 Å². The Labute approximate surface area is 104 Å². The fourth-order valence-electron chi connectivity index (χ4n) is 1.39. The summed E-state index contributed by atoms with van der Waals surface area (Å²) in [6.07, 6.45) is -0.140. The highest BCUT2D eigenvalue weighted by molar-refractivity contribution is 5.77. The van der Waals surface area contributed by atoms with Crippen molar-refractivity contribution in [2.45, 2.75) is 52.5 Å². The molecule has 0 spiro atoms. The summed E-state index contributed by atoms with van der Waals surface area (Å²) in [4.78, 5) is 11.7. The zero-order valence-corrected chi connectivity index (χ0v) is 11.7. The smallest absolute Gasteiger partial charge is 0.221 e. The van der Waals surface area contributed by atoms with Gasteiger partial charge in [-0.1, -0.05) is 20.8 Å². The van der Waals surface area contributed by atoms with Crippen molar-refractivity contribution >= 4 is 5.91 Å². The van der Waals surface area contributed by atoms with Crippen molar-refractivity contribution in [3.63, 3.8) is 0 Å². The summed E-state index contributed by atoms with van der Waals surface area (Å²) >= 11 is 0. The molecule has 0 aromatic rings. The fraction of sp³-hybridized carbons (Fsp3) is 0.917. The van der Waals surface area contributed by atoms with Crippen molar-refractivity contribution in [2.75, 3.05) is 14.2 Å². The second-order valence-electron chi connectivity index (χ2n) is 5.37. The number of carbonyl (C=O) groups excluding carboxylic acids is 1. The summed E-state index contributed by atoms with van der Waals surface area (Å²) in [5, 5.41) is 2.82. The molecule has 0 aromatic heterocycles. The quantitative estimate of drug-likeness (QED) is 0.682. The van der Waals surface area contributed by atoms with E-state index in [9.17, 15) is 4.79 Å². The first kappa shape index (κ1) is 16.4. The molecule has 0 aliphatic rings. The lowest BCUT2D eigenvalue weighted by atomic mass is 9.85. The number of ether oxygens (including phenoxy) is 2. The number of nitrogens with one attached hydrogen (secondary N) is 1. The third kappa shape index (κ3) is 6.00.